The zero-order valence-corrected chi connectivity index (χ0v) is 14.2. The Morgan fingerprint density at radius 1 is 0.846 bits per heavy atom. The summed E-state index contributed by atoms with van der Waals surface area (Å²) < 4.78 is 39.4. The Hall–Kier alpha value is -2.30. The molecule has 1 unspecified atom stereocenters. The highest BCUT2D eigenvalue weighted by molar-refractivity contribution is 5.83. The Bertz CT molecular complexity index is 777. The lowest BCUT2D eigenvalue weighted by atomic mass is 9.72. The molecule has 2 aromatic rings. The first-order valence-electron chi connectivity index (χ1n) is 9.00. The molecule has 0 spiro atoms. The third kappa shape index (κ3) is 3.00. The van der Waals surface area contributed by atoms with Gasteiger partial charge in [-0.25, -0.2) is 0 Å². The summed E-state index contributed by atoms with van der Waals surface area (Å²) in [7, 11) is 0. The first kappa shape index (κ1) is 17.1. The topological polar surface area (TPSA) is 20.3 Å². The molecule has 1 saturated carbocycles. The molecule has 2 bridgehead atoms. The van der Waals surface area contributed by atoms with Gasteiger partial charge in [0.15, 0.2) is 0 Å². The summed E-state index contributed by atoms with van der Waals surface area (Å²) >= 11 is 0. The van der Waals surface area contributed by atoms with Crippen LogP contribution >= 0.6 is 0 Å². The average Bonchev–Trinajstić information content (AvgIpc) is 2.68. The second-order valence-electron chi connectivity index (χ2n) is 7.21. The number of alkyl halides is 3. The molecule has 0 aromatic heterocycles. The minimum atomic E-state index is -4.82. The van der Waals surface area contributed by atoms with E-state index in [1.54, 1.807) is 0 Å². The molecular weight excluding hydrogens is 339 g/mol. The number of rotatable bonds is 2. The summed E-state index contributed by atoms with van der Waals surface area (Å²) in [5.74, 6) is -1.59. The van der Waals surface area contributed by atoms with Crippen molar-refractivity contribution in [3.8, 4) is 11.1 Å². The monoisotopic (exact) mass is 359 g/mol. The molecule has 2 aromatic carbocycles. The van der Waals surface area contributed by atoms with Crippen LogP contribution in [0, 0.1) is 5.92 Å². The van der Waals surface area contributed by atoms with Crippen LogP contribution in [0.3, 0.4) is 0 Å². The van der Waals surface area contributed by atoms with Gasteiger partial charge in [-0.3, -0.25) is 4.79 Å². The van der Waals surface area contributed by atoms with Gasteiger partial charge in [-0.2, -0.15) is 13.2 Å². The summed E-state index contributed by atoms with van der Waals surface area (Å²) in [6, 6.07) is 16.7. The predicted molar refractivity (Wildman–Crippen MR) is 93.3 cm³/mol. The third-order valence-electron chi connectivity index (χ3n) is 5.72. The van der Waals surface area contributed by atoms with Crippen molar-refractivity contribution in [3.63, 3.8) is 0 Å². The molecule has 2 aliphatic heterocycles. The van der Waals surface area contributed by atoms with E-state index < -0.39 is 18.1 Å². The Balaban J connectivity index is 1.67. The molecule has 2 saturated heterocycles. The first-order chi connectivity index (χ1) is 12.4. The van der Waals surface area contributed by atoms with Gasteiger partial charge in [-0.15, -0.1) is 0 Å². The van der Waals surface area contributed by atoms with Gasteiger partial charge in [0.2, 0.25) is 0 Å². The lowest BCUT2D eigenvalue weighted by molar-refractivity contribution is -0.197. The number of benzene rings is 2. The maximum Gasteiger partial charge on any atom is 0.471 e. The number of carbonyl (C=O) groups excluding carboxylic acids is 1. The Morgan fingerprint density at radius 2 is 1.42 bits per heavy atom. The van der Waals surface area contributed by atoms with Crippen LogP contribution in [-0.4, -0.2) is 23.0 Å². The minimum absolute atomic E-state index is 0.105. The molecule has 0 radical (unpaired) electrons. The second-order valence-corrected chi connectivity index (χ2v) is 7.21. The maximum atomic E-state index is 13.1. The fourth-order valence-corrected chi connectivity index (χ4v) is 4.52. The Kier molecular flexibility index (Phi) is 4.25. The maximum absolute atomic E-state index is 13.1. The van der Waals surface area contributed by atoms with E-state index in [1.165, 1.54) is 0 Å². The number of halogens is 3. The molecule has 5 rings (SSSR count). The van der Waals surface area contributed by atoms with Crippen LogP contribution in [0.4, 0.5) is 13.2 Å². The number of piperidine rings is 2. The van der Waals surface area contributed by atoms with Crippen LogP contribution in [0.25, 0.3) is 11.1 Å². The minimum Gasteiger partial charge on any atom is -0.325 e. The van der Waals surface area contributed by atoms with Crippen molar-refractivity contribution in [1.29, 1.82) is 0 Å². The van der Waals surface area contributed by atoms with Crippen LogP contribution in [0.2, 0.25) is 0 Å². The van der Waals surface area contributed by atoms with Crippen molar-refractivity contribution >= 4 is 5.91 Å². The number of fused-ring (bicyclic) bond motifs is 3. The van der Waals surface area contributed by atoms with Crippen molar-refractivity contribution in [2.24, 2.45) is 5.92 Å². The summed E-state index contributed by atoms with van der Waals surface area (Å²) in [5, 5.41) is 0. The van der Waals surface area contributed by atoms with Gasteiger partial charge in [0.25, 0.3) is 0 Å². The van der Waals surface area contributed by atoms with Crippen molar-refractivity contribution in [3.05, 3.63) is 60.2 Å². The molecule has 136 valence electrons. The molecule has 5 heteroatoms. The molecule has 0 N–H and O–H groups in total. The number of hydrogen-bond acceptors (Lipinski definition) is 1. The van der Waals surface area contributed by atoms with E-state index in [9.17, 15) is 18.0 Å². The Labute approximate surface area is 150 Å². The van der Waals surface area contributed by atoms with Gasteiger partial charge in [-0.05, 0) is 48.3 Å². The highest BCUT2D eigenvalue weighted by atomic mass is 19.4. The van der Waals surface area contributed by atoms with Crippen molar-refractivity contribution in [2.45, 2.75) is 43.9 Å². The summed E-state index contributed by atoms with van der Waals surface area (Å²) in [5.41, 5.74) is 2.88. The second kappa shape index (κ2) is 6.45. The van der Waals surface area contributed by atoms with Crippen LogP contribution in [0.5, 0.6) is 0 Å². The molecule has 3 fully saturated rings. The van der Waals surface area contributed by atoms with E-state index in [0.717, 1.165) is 34.4 Å². The fraction of sp³-hybridized carbons (Fsp3) is 0.381. The van der Waals surface area contributed by atoms with E-state index in [-0.39, 0.29) is 12.0 Å². The van der Waals surface area contributed by atoms with Crippen molar-refractivity contribution in [2.75, 3.05) is 0 Å². The third-order valence-corrected chi connectivity index (χ3v) is 5.72. The highest BCUT2D eigenvalue weighted by Crippen LogP contribution is 2.48. The van der Waals surface area contributed by atoms with Crippen LogP contribution in [0.15, 0.2) is 54.6 Å². The predicted octanol–water partition coefficient (Wildman–Crippen LogP) is 5.36. The van der Waals surface area contributed by atoms with Gasteiger partial charge in [-0.1, -0.05) is 54.6 Å². The molecule has 2 nitrogen and oxygen atoms in total. The number of hydrogen-bond donors (Lipinski definition) is 0. The number of carbonyl (C=O) groups is 1. The largest absolute Gasteiger partial charge is 0.471 e. The van der Waals surface area contributed by atoms with Gasteiger partial charge < -0.3 is 4.90 Å². The highest BCUT2D eigenvalue weighted by Gasteiger charge is 2.52. The lowest BCUT2D eigenvalue weighted by Crippen LogP contribution is -2.56. The van der Waals surface area contributed by atoms with E-state index in [0.29, 0.717) is 12.8 Å². The molecule has 1 amide bonds. The van der Waals surface area contributed by atoms with Crippen molar-refractivity contribution in [1.82, 2.24) is 4.90 Å². The molecule has 26 heavy (non-hydrogen) atoms. The molecule has 1 atom stereocenters. The standard InChI is InChI=1S/C21H20F3NO/c22-21(23,24)20(26)25-18-12-10-17(11-13-18)19(25)16-8-6-15(7-9-16)14-4-2-1-3-5-14/h1-9,17-19H,10-13H2. The van der Waals surface area contributed by atoms with Crippen molar-refractivity contribution < 1.29 is 18.0 Å². The van der Waals surface area contributed by atoms with E-state index in [2.05, 4.69) is 0 Å². The van der Waals surface area contributed by atoms with Gasteiger partial charge in [0.05, 0.1) is 6.04 Å². The first-order valence-corrected chi connectivity index (χ1v) is 9.00. The molecule has 3 aliphatic rings. The fourth-order valence-electron chi connectivity index (χ4n) is 4.52. The van der Waals surface area contributed by atoms with E-state index in [1.807, 2.05) is 54.6 Å². The molecule has 1 aliphatic carbocycles. The lowest BCUT2D eigenvalue weighted by Gasteiger charge is -2.51. The van der Waals surface area contributed by atoms with Crippen LogP contribution in [0.1, 0.15) is 37.3 Å². The smallest absolute Gasteiger partial charge is 0.325 e. The number of amides is 1. The number of nitrogens with zero attached hydrogens (tertiary/aromatic N) is 1. The van der Waals surface area contributed by atoms with Crippen LogP contribution < -0.4 is 0 Å². The Morgan fingerprint density at radius 3 is 2.00 bits per heavy atom. The van der Waals surface area contributed by atoms with Gasteiger partial charge in [0, 0.05) is 6.04 Å². The average molecular weight is 359 g/mol. The molecular formula is C21H20F3NO. The summed E-state index contributed by atoms with van der Waals surface area (Å²) in [6.45, 7) is 0. The zero-order chi connectivity index (χ0) is 18.3. The normalized spacial score (nSPS) is 25.3. The van der Waals surface area contributed by atoms with Gasteiger partial charge in [0.1, 0.15) is 0 Å². The summed E-state index contributed by atoms with van der Waals surface area (Å²) in [6.07, 6.45) is -1.70. The summed E-state index contributed by atoms with van der Waals surface area (Å²) in [4.78, 5) is 13.2. The van der Waals surface area contributed by atoms with Crippen LogP contribution in [-0.2, 0) is 4.79 Å². The quantitative estimate of drug-likeness (QED) is 0.707. The van der Waals surface area contributed by atoms with Gasteiger partial charge >= 0.3 is 12.1 Å². The van der Waals surface area contributed by atoms with E-state index in [4.69, 9.17) is 0 Å². The molecule has 2 heterocycles. The zero-order valence-electron chi connectivity index (χ0n) is 14.2. The SMILES string of the molecule is O=C(N1C2CCC(CC2)C1c1ccc(-c2ccccc2)cc1)C(F)(F)F. The van der Waals surface area contributed by atoms with E-state index >= 15 is 0 Å².